The quantitative estimate of drug-likeness (QED) is 0.849. The number of halogens is 2. The van der Waals surface area contributed by atoms with Crippen LogP contribution in [0.5, 0.6) is 0 Å². The van der Waals surface area contributed by atoms with Crippen LogP contribution < -0.4 is 5.32 Å². The minimum absolute atomic E-state index is 0. The van der Waals surface area contributed by atoms with E-state index in [1.54, 1.807) is 4.31 Å². The summed E-state index contributed by atoms with van der Waals surface area (Å²) in [6, 6.07) is 7.56. The Hall–Kier alpha value is -0.140. The SMILES string of the molecule is CNCC1CCCN1S(=O)(=O)Cc1ccc(Br)cc1.Cl. The predicted octanol–water partition coefficient (Wildman–Crippen LogP) is 2.38. The summed E-state index contributed by atoms with van der Waals surface area (Å²) in [6.07, 6.45) is 1.90. The molecule has 1 aliphatic heterocycles. The zero-order valence-corrected chi connectivity index (χ0v) is 14.6. The van der Waals surface area contributed by atoms with Gasteiger partial charge in [-0.2, -0.15) is 4.31 Å². The number of hydrogen-bond acceptors (Lipinski definition) is 3. The standard InChI is InChI=1S/C13H19BrN2O2S.ClH/c1-15-9-13-3-2-8-16(13)19(17,18)10-11-4-6-12(14)7-5-11;/h4-7,13,15H,2-3,8-10H2,1H3;1H. The first kappa shape index (κ1) is 17.9. The molecule has 20 heavy (non-hydrogen) atoms. The molecule has 1 saturated heterocycles. The molecule has 1 fully saturated rings. The minimum Gasteiger partial charge on any atom is -0.318 e. The second-order valence-corrected chi connectivity index (χ2v) is 7.68. The minimum atomic E-state index is -3.22. The van der Waals surface area contributed by atoms with Gasteiger partial charge in [-0.3, -0.25) is 0 Å². The molecule has 0 amide bonds. The van der Waals surface area contributed by atoms with Gasteiger partial charge < -0.3 is 5.32 Å². The number of rotatable bonds is 5. The summed E-state index contributed by atoms with van der Waals surface area (Å²) in [6.45, 7) is 1.37. The number of benzene rings is 1. The van der Waals surface area contributed by atoms with Crippen molar-refractivity contribution in [3.8, 4) is 0 Å². The zero-order valence-electron chi connectivity index (χ0n) is 11.4. The number of hydrogen-bond donors (Lipinski definition) is 1. The van der Waals surface area contributed by atoms with Crippen LogP contribution in [0.25, 0.3) is 0 Å². The van der Waals surface area contributed by atoms with E-state index in [-0.39, 0.29) is 24.2 Å². The average Bonchev–Trinajstić information content (AvgIpc) is 2.81. The molecule has 1 aromatic rings. The summed E-state index contributed by atoms with van der Waals surface area (Å²) >= 11 is 3.35. The van der Waals surface area contributed by atoms with Gasteiger partial charge in [0.1, 0.15) is 0 Å². The molecule has 0 bridgehead atoms. The highest BCUT2D eigenvalue weighted by Crippen LogP contribution is 2.23. The van der Waals surface area contributed by atoms with Crippen LogP contribution in [0.2, 0.25) is 0 Å². The van der Waals surface area contributed by atoms with E-state index < -0.39 is 10.0 Å². The van der Waals surface area contributed by atoms with Crippen LogP contribution in [0, 0.1) is 0 Å². The van der Waals surface area contributed by atoms with Gasteiger partial charge in [-0.05, 0) is 37.6 Å². The molecule has 1 heterocycles. The number of nitrogens with zero attached hydrogens (tertiary/aromatic N) is 1. The topological polar surface area (TPSA) is 49.4 Å². The van der Waals surface area contributed by atoms with E-state index in [0.29, 0.717) is 6.54 Å². The van der Waals surface area contributed by atoms with Crippen molar-refractivity contribution in [2.45, 2.75) is 24.6 Å². The lowest BCUT2D eigenvalue weighted by Gasteiger charge is -2.23. The third-order valence-electron chi connectivity index (χ3n) is 3.38. The van der Waals surface area contributed by atoms with E-state index in [1.807, 2.05) is 31.3 Å². The molecule has 0 aliphatic carbocycles. The van der Waals surface area contributed by atoms with Gasteiger partial charge in [0.2, 0.25) is 10.0 Å². The lowest BCUT2D eigenvalue weighted by atomic mass is 10.2. The molecule has 1 aromatic carbocycles. The van der Waals surface area contributed by atoms with Gasteiger partial charge in [-0.25, -0.2) is 8.42 Å². The third-order valence-corrected chi connectivity index (χ3v) is 5.80. The molecule has 0 radical (unpaired) electrons. The van der Waals surface area contributed by atoms with Crippen molar-refractivity contribution in [1.29, 1.82) is 0 Å². The van der Waals surface area contributed by atoms with Crippen LogP contribution >= 0.6 is 28.3 Å². The Morgan fingerprint density at radius 1 is 1.35 bits per heavy atom. The first-order valence-corrected chi connectivity index (χ1v) is 8.82. The summed E-state index contributed by atoms with van der Waals surface area (Å²) in [5.74, 6) is 0.0838. The number of likely N-dealkylation sites (N-methyl/N-ethyl adjacent to an activating group) is 1. The lowest BCUT2D eigenvalue weighted by Crippen LogP contribution is -2.41. The second-order valence-electron chi connectivity index (χ2n) is 4.85. The summed E-state index contributed by atoms with van der Waals surface area (Å²) in [4.78, 5) is 0. The van der Waals surface area contributed by atoms with E-state index in [2.05, 4.69) is 21.2 Å². The molecule has 0 spiro atoms. The highest BCUT2D eigenvalue weighted by Gasteiger charge is 2.33. The van der Waals surface area contributed by atoms with E-state index in [1.165, 1.54) is 0 Å². The van der Waals surface area contributed by atoms with Crippen molar-refractivity contribution < 1.29 is 8.42 Å². The maximum atomic E-state index is 12.5. The predicted molar refractivity (Wildman–Crippen MR) is 87.7 cm³/mol. The molecule has 2 rings (SSSR count). The molecule has 0 saturated carbocycles. The first-order valence-electron chi connectivity index (χ1n) is 6.41. The molecule has 4 nitrogen and oxygen atoms in total. The van der Waals surface area contributed by atoms with Gasteiger partial charge in [0.05, 0.1) is 5.75 Å². The van der Waals surface area contributed by atoms with E-state index in [0.717, 1.165) is 29.4 Å². The molecule has 1 aliphatic rings. The highest BCUT2D eigenvalue weighted by atomic mass is 79.9. The second kappa shape index (κ2) is 7.75. The molecule has 0 aromatic heterocycles. The summed E-state index contributed by atoms with van der Waals surface area (Å²) in [7, 11) is -1.36. The Morgan fingerprint density at radius 2 is 2.00 bits per heavy atom. The summed E-state index contributed by atoms with van der Waals surface area (Å²) < 4.78 is 27.5. The Kier molecular flexibility index (Phi) is 6.94. The Balaban J connectivity index is 0.00000200. The van der Waals surface area contributed by atoms with E-state index in [4.69, 9.17) is 0 Å². The molecular formula is C13H20BrClN2O2S. The molecular weight excluding hydrogens is 364 g/mol. The van der Waals surface area contributed by atoms with Gasteiger partial charge in [0, 0.05) is 23.6 Å². The van der Waals surface area contributed by atoms with Crippen molar-refractivity contribution in [2.75, 3.05) is 20.1 Å². The molecule has 114 valence electrons. The van der Waals surface area contributed by atoms with Crippen molar-refractivity contribution >= 4 is 38.4 Å². The maximum Gasteiger partial charge on any atom is 0.218 e. The van der Waals surface area contributed by atoms with Gasteiger partial charge in [-0.15, -0.1) is 12.4 Å². The zero-order chi connectivity index (χ0) is 13.9. The van der Waals surface area contributed by atoms with Crippen molar-refractivity contribution in [3.63, 3.8) is 0 Å². The van der Waals surface area contributed by atoms with Crippen molar-refractivity contribution in [1.82, 2.24) is 9.62 Å². The summed E-state index contributed by atoms with van der Waals surface area (Å²) in [5.41, 5.74) is 0.832. The van der Waals surface area contributed by atoms with Crippen molar-refractivity contribution in [3.05, 3.63) is 34.3 Å². The van der Waals surface area contributed by atoms with Crippen LogP contribution in [0.3, 0.4) is 0 Å². The number of nitrogens with one attached hydrogen (secondary N) is 1. The average molecular weight is 384 g/mol. The third kappa shape index (κ3) is 4.43. The van der Waals surface area contributed by atoms with Crippen molar-refractivity contribution in [2.24, 2.45) is 0 Å². The van der Waals surface area contributed by atoms with E-state index in [9.17, 15) is 8.42 Å². The normalized spacial score (nSPS) is 19.8. The Morgan fingerprint density at radius 3 is 2.60 bits per heavy atom. The fourth-order valence-electron chi connectivity index (χ4n) is 2.49. The van der Waals surface area contributed by atoms with Crippen LogP contribution in [0.1, 0.15) is 18.4 Å². The fourth-order valence-corrected chi connectivity index (χ4v) is 4.57. The largest absolute Gasteiger partial charge is 0.318 e. The van der Waals surface area contributed by atoms with Crippen LogP contribution in [0.15, 0.2) is 28.7 Å². The van der Waals surface area contributed by atoms with Gasteiger partial charge in [-0.1, -0.05) is 28.1 Å². The monoisotopic (exact) mass is 382 g/mol. The Labute approximate surface area is 135 Å². The highest BCUT2D eigenvalue weighted by molar-refractivity contribution is 9.10. The first-order chi connectivity index (χ1) is 9.03. The lowest BCUT2D eigenvalue weighted by molar-refractivity contribution is 0.378. The smallest absolute Gasteiger partial charge is 0.218 e. The molecule has 7 heteroatoms. The number of sulfonamides is 1. The fraction of sp³-hybridized carbons (Fsp3) is 0.538. The maximum absolute atomic E-state index is 12.5. The van der Waals surface area contributed by atoms with Gasteiger partial charge in [0.15, 0.2) is 0 Å². The van der Waals surface area contributed by atoms with E-state index >= 15 is 0 Å². The van der Waals surface area contributed by atoms with Crippen LogP contribution in [-0.4, -0.2) is 38.9 Å². The summed E-state index contributed by atoms with van der Waals surface area (Å²) in [5, 5.41) is 3.07. The molecule has 1 N–H and O–H groups in total. The van der Waals surface area contributed by atoms with Crippen LogP contribution in [0.4, 0.5) is 0 Å². The molecule has 1 unspecified atom stereocenters. The van der Waals surface area contributed by atoms with Gasteiger partial charge in [0.25, 0.3) is 0 Å². The molecule has 1 atom stereocenters. The Bertz CT molecular complexity index is 522. The van der Waals surface area contributed by atoms with Crippen LogP contribution in [-0.2, 0) is 15.8 Å². The van der Waals surface area contributed by atoms with Gasteiger partial charge >= 0.3 is 0 Å².